The predicted octanol–water partition coefficient (Wildman–Crippen LogP) is 4.39. The molecule has 28 heavy (non-hydrogen) atoms. The smallest absolute Gasteiger partial charge is 0.317 e. The van der Waals surface area contributed by atoms with Crippen LogP contribution in [0.2, 0.25) is 0 Å². The lowest BCUT2D eigenvalue weighted by Gasteiger charge is -2.26. The van der Waals surface area contributed by atoms with E-state index in [-0.39, 0.29) is 28.0 Å². The van der Waals surface area contributed by atoms with Crippen LogP contribution in [0, 0.1) is 0 Å². The number of thioether (sulfide) groups is 1. The van der Waals surface area contributed by atoms with Crippen LogP contribution in [0.1, 0.15) is 64.0 Å². The Kier molecular flexibility index (Phi) is 7.81. The zero-order valence-corrected chi connectivity index (χ0v) is 18.9. The molecule has 1 fully saturated rings. The van der Waals surface area contributed by atoms with Gasteiger partial charge in [0.1, 0.15) is 5.37 Å². The number of urea groups is 1. The highest BCUT2D eigenvalue weighted by Crippen LogP contribution is 2.43. The normalized spacial score (nSPS) is 19.8. The Hall–Kier alpha value is -1.69. The van der Waals surface area contributed by atoms with E-state index in [2.05, 4.69) is 50.4 Å². The van der Waals surface area contributed by atoms with Gasteiger partial charge in [-0.25, -0.2) is 4.79 Å². The summed E-state index contributed by atoms with van der Waals surface area (Å²) in [5.74, 6) is 0.188. The van der Waals surface area contributed by atoms with Crippen LogP contribution in [0.15, 0.2) is 24.3 Å². The topological polar surface area (TPSA) is 52.7 Å². The minimum Gasteiger partial charge on any atom is -0.338 e. The molecule has 6 heteroatoms. The fourth-order valence-electron chi connectivity index (χ4n) is 3.25. The van der Waals surface area contributed by atoms with Crippen molar-refractivity contribution in [1.29, 1.82) is 0 Å². The van der Waals surface area contributed by atoms with E-state index in [1.165, 1.54) is 11.1 Å². The summed E-state index contributed by atoms with van der Waals surface area (Å²) in [4.78, 5) is 28.3. The van der Waals surface area contributed by atoms with Gasteiger partial charge in [0.2, 0.25) is 5.91 Å². The van der Waals surface area contributed by atoms with Crippen molar-refractivity contribution in [3.05, 3.63) is 35.4 Å². The summed E-state index contributed by atoms with van der Waals surface area (Å²) in [6.07, 6.45) is 1.69. The fraction of sp³-hybridized carbons (Fsp3) is 0.636. The Labute approximate surface area is 174 Å². The van der Waals surface area contributed by atoms with Crippen LogP contribution in [0.5, 0.6) is 0 Å². The van der Waals surface area contributed by atoms with Crippen LogP contribution in [-0.4, -0.2) is 53.7 Å². The number of hydrogen-bond donors (Lipinski definition) is 1. The minimum atomic E-state index is -0.0494. The zero-order valence-electron chi connectivity index (χ0n) is 18.1. The molecular weight excluding hydrogens is 370 g/mol. The molecule has 1 aliphatic rings. The SMILES string of the molecule is CCCNC(=O)N(C)CCCN1C(=O)[C@@H](C)S[C@H]1c1ccc(C(C)(C)C)cc1. The van der Waals surface area contributed by atoms with Gasteiger partial charge in [0.05, 0.1) is 5.25 Å². The van der Waals surface area contributed by atoms with E-state index in [4.69, 9.17) is 0 Å². The summed E-state index contributed by atoms with van der Waals surface area (Å²) in [7, 11) is 1.80. The van der Waals surface area contributed by atoms with Gasteiger partial charge in [-0.2, -0.15) is 0 Å². The molecule has 0 aromatic heterocycles. The Bertz CT molecular complexity index is 669. The van der Waals surface area contributed by atoms with Crippen LogP contribution in [0.25, 0.3) is 0 Å². The summed E-state index contributed by atoms with van der Waals surface area (Å²) in [6, 6.07) is 8.61. The van der Waals surface area contributed by atoms with Gasteiger partial charge in [0, 0.05) is 26.7 Å². The molecule has 1 aliphatic heterocycles. The van der Waals surface area contributed by atoms with Crippen LogP contribution in [-0.2, 0) is 10.2 Å². The second-order valence-corrected chi connectivity index (χ2v) is 9.97. The molecule has 5 nitrogen and oxygen atoms in total. The highest BCUT2D eigenvalue weighted by molar-refractivity contribution is 8.01. The number of carbonyl (C=O) groups is 2. The van der Waals surface area contributed by atoms with E-state index < -0.39 is 0 Å². The van der Waals surface area contributed by atoms with Crippen LogP contribution in [0.4, 0.5) is 4.79 Å². The Morgan fingerprint density at radius 3 is 2.46 bits per heavy atom. The van der Waals surface area contributed by atoms with Crippen molar-refractivity contribution in [2.45, 2.75) is 63.5 Å². The number of benzene rings is 1. The third-order valence-electron chi connectivity index (χ3n) is 5.07. The second-order valence-electron chi connectivity index (χ2n) is 8.54. The molecule has 0 saturated carbocycles. The molecule has 1 N–H and O–H groups in total. The number of rotatable bonds is 7. The van der Waals surface area contributed by atoms with Crippen molar-refractivity contribution >= 4 is 23.7 Å². The van der Waals surface area contributed by atoms with E-state index >= 15 is 0 Å². The summed E-state index contributed by atoms with van der Waals surface area (Å²) in [5.41, 5.74) is 2.59. The number of hydrogen-bond acceptors (Lipinski definition) is 3. The van der Waals surface area contributed by atoms with E-state index in [0.717, 1.165) is 12.8 Å². The predicted molar refractivity (Wildman–Crippen MR) is 118 cm³/mol. The van der Waals surface area contributed by atoms with Crippen molar-refractivity contribution in [1.82, 2.24) is 15.1 Å². The molecule has 156 valence electrons. The van der Waals surface area contributed by atoms with Gasteiger partial charge in [-0.15, -0.1) is 11.8 Å². The zero-order chi connectivity index (χ0) is 20.9. The maximum atomic E-state index is 12.7. The lowest BCUT2D eigenvalue weighted by atomic mass is 9.86. The lowest BCUT2D eigenvalue weighted by molar-refractivity contribution is -0.129. The summed E-state index contributed by atoms with van der Waals surface area (Å²) in [5, 5.41) is 2.90. The quantitative estimate of drug-likeness (QED) is 0.732. The minimum absolute atomic E-state index is 0.0297. The van der Waals surface area contributed by atoms with Gasteiger partial charge >= 0.3 is 6.03 Å². The second kappa shape index (κ2) is 9.68. The third kappa shape index (κ3) is 5.66. The molecular formula is C22H35N3O2S. The van der Waals surface area contributed by atoms with E-state index in [9.17, 15) is 9.59 Å². The van der Waals surface area contributed by atoms with Crippen LogP contribution < -0.4 is 5.32 Å². The number of nitrogens with zero attached hydrogens (tertiary/aromatic N) is 2. The first-order valence-electron chi connectivity index (χ1n) is 10.2. The van der Waals surface area contributed by atoms with Gasteiger partial charge in [-0.3, -0.25) is 4.79 Å². The highest BCUT2D eigenvalue weighted by Gasteiger charge is 2.38. The van der Waals surface area contributed by atoms with Gasteiger partial charge in [0.15, 0.2) is 0 Å². The molecule has 1 saturated heterocycles. The molecule has 0 spiro atoms. The van der Waals surface area contributed by atoms with Crippen molar-refractivity contribution in [2.24, 2.45) is 0 Å². The molecule has 2 rings (SSSR count). The van der Waals surface area contributed by atoms with E-state index in [1.54, 1.807) is 23.7 Å². The first-order valence-corrected chi connectivity index (χ1v) is 11.1. The average molecular weight is 406 g/mol. The Morgan fingerprint density at radius 2 is 1.89 bits per heavy atom. The maximum Gasteiger partial charge on any atom is 0.317 e. The number of amides is 3. The third-order valence-corrected chi connectivity index (χ3v) is 6.47. The summed E-state index contributed by atoms with van der Waals surface area (Å²) >= 11 is 1.71. The maximum absolute atomic E-state index is 12.7. The Morgan fingerprint density at radius 1 is 1.25 bits per heavy atom. The van der Waals surface area contributed by atoms with Gasteiger partial charge in [-0.1, -0.05) is 52.0 Å². The van der Waals surface area contributed by atoms with Gasteiger partial charge in [0.25, 0.3) is 0 Å². The van der Waals surface area contributed by atoms with Crippen molar-refractivity contribution < 1.29 is 9.59 Å². The standard InChI is InChI=1S/C22H35N3O2S/c1-7-13-23-21(27)24(6)14-8-15-25-19(26)16(2)28-20(25)17-9-11-18(12-10-17)22(3,4)5/h9-12,16,20H,7-8,13-15H2,1-6H3,(H,23,27)/t16-,20+/m1/s1. The monoisotopic (exact) mass is 405 g/mol. The van der Waals surface area contributed by atoms with Crippen LogP contribution >= 0.6 is 11.8 Å². The molecule has 1 aromatic rings. The van der Waals surface area contributed by atoms with Crippen LogP contribution in [0.3, 0.4) is 0 Å². The molecule has 1 heterocycles. The first-order chi connectivity index (χ1) is 13.1. The summed E-state index contributed by atoms with van der Waals surface area (Å²) in [6.45, 7) is 12.6. The Balaban J connectivity index is 1.99. The summed E-state index contributed by atoms with van der Waals surface area (Å²) < 4.78 is 0. The van der Waals surface area contributed by atoms with Crippen molar-refractivity contribution in [3.63, 3.8) is 0 Å². The average Bonchev–Trinajstić information content (AvgIpc) is 2.93. The van der Waals surface area contributed by atoms with E-state index in [0.29, 0.717) is 19.6 Å². The largest absolute Gasteiger partial charge is 0.338 e. The molecule has 2 atom stereocenters. The molecule has 3 amide bonds. The highest BCUT2D eigenvalue weighted by atomic mass is 32.2. The lowest BCUT2D eigenvalue weighted by Crippen LogP contribution is -2.39. The fourth-order valence-corrected chi connectivity index (χ4v) is 4.56. The van der Waals surface area contributed by atoms with E-state index in [1.807, 2.05) is 18.7 Å². The molecule has 0 aliphatic carbocycles. The van der Waals surface area contributed by atoms with Crippen molar-refractivity contribution in [2.75, 3.05) is 26.7 Å². The molecule has 1 aromatic carbocycles. The van der Waals surface area contributed by atoms with Crippen molar-refractivity contribution in [3.8, 4) is 0 Å². The number of carbonyl (C=O) groups excluding carboxylic acids is 2. The van der Waals surface area contributed by atoms with Gasteiger partial charge in [-0.05, 0) is 36.3 Å². The molecule has 0 radical (unpaired) electrons. The first kappa shape index (κ1) is 22.6. The number of nitrogens with one attached hydrogen (secondary N) is 1. The molecule has 0 unspecified atom stereocenters. The molecule has 0 bridgehead atoms. The van der Waals surface area contributed by atoms with Gasteiger partial charge < -0.3 is 15.1 Å².